The number of amides is 1. The van der Waals surface area contributed by atoms with Crippen LogP contribution in [0.2, 0.25) is 0 Å². The molecule has 3 aromatic carbocycles. The number of ether oxygens (including phenoxy) is 2. The van der Waals surface area contributed by atoms with E-state index >= 15 is 0 Å². The van der Waals surface area contributed by atoms with E-state index in [2.05, 4.69) is 0 Å². The highest BCUT2D eigenvalue weighted by Crippen LogP contribution is 2.24. The molecule has 0 spiro atoms. The Morgan fingerprint density at radius 2 is 1.55 bits per heavy atom. The molecule has 0 aromatic heterocycles. The lowest BCUT2D eigenvalue weighted by Gasteiger charge is -2.25. The first-order valence-electron chi connectivity index (χ1n) is 9.63. The molecule has 7 nitrogen and oxygen atoms in total. The monoisotopic (exact) mass is 421 g/mol. The second-order valence-electron chi connectivity index (χ2n) is 6.71. The molecule has 1 unspecified atom stereocenters. The van der Waals surface area contributed by atoms with Gasteiger partial charge in [-0.3, -0.25) is 9.63 Å². The number of nitrogens with zero attached hydrogens (tertiary/aromatic N) is 1. The van der Waals surface area contributed by atoms with Crippen LogP contribution in [0.5, 0.6) is 17.2 Å². The van der Waals surface area contributed by atoms with Crippen LogP contribution in [-0.4, -0.2) is 35.7 Å². The largest absolute Gasteiger partial charge is 0.508 e. The maximum Gasteiger partial charge on any atom is 0.331 e. The zero-order chi connectivity index (χ0) is 22.1. The lowest BCUT2D eigenvalue weighted by Crippen LogP contribution is -2.42. The molecule has 0 aliphatic carbocycles. The quantitative estimate of drug-likeness (QED) is 0.304. The minimum Gasteiger partial charge on any atom is -0.508 e. The average molecular weight is 421 g/mol. The maximum atomic E-state index is 12.3. The average Bonchev–Trinajstić information content (AvgIpc) is 2.81. The molecular formula is C24H23NO6. The minimum absolute atomic E-state index is 0.145. The zero-order valence-corrected chi connectivity index (χ0v) is 17.0. The standard InChI is InChI=1S/C24H23NO6/c1-29-24(28)23(25(17-26)30-16-19-5-3-2-4-6-19)15-18-7-11-21(12-8-18)31-22-13-9-20(27)10-14-22/h2-14,17,23,27H,15-16H2,1H3. The fraction of sp³-hybridized carbons (Fsp3) is 0.167. The van der Waals surface area contributed by atoms with Crippen molar-refractivity contribution in [1.29, 1.82) is 0 Å². The van der Waals surface area contributed by atoms with Gasteiger partial charge >= 0.3 is 5.97 Å². The number of hydrogen-bond acceptors (Lipinski definition) is 6. The van der Waals surface area contributed by atoms with Gasteiger partial charge in [0.1, 0.15) is 23.9 Å². The Morgan fingerprint density at radius 3 is 2.13 bits per heavy atom. The summed E-state index contributed by atoms with van der Waals surface area (Å²) in [6.07, 6.45) is 0.687. The smallest absolute Gasteiger partial charge is 0.331 e. The second-order valence-corrected chi connectivity index (χ2v) is 6.71. The number of hydroxylamine groups is 2. The summed E-state index contributed by atoms with van der Waals surface area (Å²) in [4.78, 5) is 29.5. The number of hydrogen-bond donors (Lipinski definition) is 1. The second kappa shape index (κ2) is 10.8. The number of methoxy groups -OCH3 is 1. The number of phenols is 1. The van der Waals surface area contributed by atoms with Gasteiger partial charge in [0.15, 0.2) is 6.04 Å². The highest BCUT2D eigenvalue weighted by Gasteiger charge is 2.27. The van der Waals surface area contributed by atoms with Crippen LogP contribution in [0, 0.1) is 0 Å². The SMILES string of the molecule is COC(=O)C(Cc1ccc(Oc2ccc(O)cc2)cc1)N(C=O)OCc1ccccc1. The van der Waals surface area contributed by atoms with Crippen LogP contribution in [0.4, 0.5) is 0 Å². The van der Waals surface area contributed by atoms with Crippen molar-refractivity contribution in [1.82, 2.24) is 5.06 Å². The van der Waals surface area contributed by atoms with E-state index in [4.69, 9.17) is 14.3 Å². The van der Waals surface area contributed by atoms with Crippen molar-refractivity contribution in [2.45, 2.75) is 19.1 Å². The van der Waals surface area contributed by atoms with Crippen LogP contribution in [0.15, 0.2) is 78.9 Å². The fourth-order valence-electron chi connectivity index (χ4n) is 2.90. The van der Waals surface area contributed by atoms with Crippen molar-refractivity contribution in [3.8, 4) is 17.2 Å². The Labute approximate surface area is 180 Å². The van der Waals surface area contributed by atoms with Crippen molar-refractivity contribution in [3.05, 3.63) is 90.0 Å². The van der Waals surface area contributed by atoms with Crippen LogP contribution in [0.25, 0.3) is 0 Å². The number of carbonyl (C=O) groups is 2. The van der Waals surface area contributed by atoms with Gasteiger partial charge in [-0.15, -0.1) is 0 Å². The third-order valence-corrected chi connectivity index (χ3v) is 4.53. The van der Waals surface area contributed by atoms with Gasteiger partial charge in [0.05, 0.1) is 7.11 Å². The molecule has 0 saturated heterocycles. The van der Waals surface area contributed by atoms with Crippen LogP contribution >= 0.6 is 0 Å². The molecule has 0 saturated carbocycles. The molecule has 3 aromatic rings. The summed E-state index contributed by atoms with van der Waals surface area (Å²) in [5, 5.41) is 10.3. The van der Waals surface area contributed by atoms with Crippen molar-refractivity contribution < 1.29 is 29.0 Å². The molecule has 0 radical (unpaired) electrons. The number of esters is 1. The molecule has 0 fully saturated rings. The number of rotatable bonds is 10. The van der Waals surface area contributed by atoms with E-state index in [0.717, 1.165) is 16.2 Å². The van der Waals surface area contributed by atoms with E-state index in [9.17, 15) is 14.7 Å². The normalized spacial score (nSPS) is 11.4. The van der Waals surface area contributed by atoms with Crippen molar-refractivity contribution >= 4 is 12.4 Å². The summed E-state index contributed by atoms with van der Waals surface area (Å²) in [5.74, 6) is 0.756. The van der Waals surface area contributed by atoms with Crippen molar-refractivity contribution in [2.24, 2.45) is 0 Å². The summed E-state index contributed by atoms with van der Waals surface area (Å²) in [7, 11) is 1.27. The van der Waals surface area contributed by atoms with E-state index < -0.39 is 12.0 Å². The topological polar surface area (TPSA) is 85.3 Å². The number of benzene rings is 3. The summed E-state index contributed by atoms with van der Waals surface area (Å²) in [5.41, 5.74) is 1.66. The van der Waals surface area contributed by atoms with Gasteiger partial charge in [-0.25, -0.2) is 9.86 Å². The summed E-state index contributed by atoms with van der Waals surface area (Å²) in [6.45, 7) is 0.145. The lowest BCUT2D eigenvalue weighted by atomic mass is 10.1. The van der Waals surface area contributed by atoms with E-state index in [-0.39, 0.29) is 18.8 Å². The molecule has 0 bridgehead atoms. The highest BCUT2D eigenvalue weighted by molar-refractivity contribution is 5.78. The van der Waals surface area contributed by atoms with Gasteiger partial charge < -0.3 is 14.6 Å². The van der Waals surface area contributed by atoms with E-state index in [1.807, 2.05) is 30.3 Å². The first-order valence-corrected chi connectivity index (χ1v) is 9.63. The molecule has 160 valence electrons. The minimum atomic E-state index is -0.935. The predicted molar refractivity (Wildman–Crippen MR) is 113 cm³/mol. The van der Waals surface area contributed by atoms with Crippen molar-refractivity contribution in [2.75, 3.05) is 7.11 Å². The van der Waals surface area contributed by atoms with E-state index in [1.54, 1.807) is 36.4 Å². The molecule has 7 heteroatoms. The van der Waals surface area contributed by atoms with Gasteiger partial charge in [-0.2, -0.15) is 0 Å². The summed E-state index contributed by atoms with van der Waals surface area (Å²) < 4.78 is 10.6. The zero-order valence-electron chi connectivity index (χ0n) is 17.0. The Kier molecular flexibility index (Phi) is 7.61. The molecule has 31 heavy (non-hydrogen) atoms. The molecule has 0 aliphatic heterocycles. The predicted octanol–water partition coefficient (Wildman–Crippen LogP) is 3.86. The van der Waals surface area contributed by atoms with Gasteiger partial charge in [0.25, 0.3) is 0 Å². The highest BCUT2D eigenvalue weighted by atomic mass is 16.7. The van der Waals surface area contributed by atoms with Crippen molar-refractivity contribution in [3.63, 3.8) is 0 Å². The summed E-state index contributed by atoms with van der Waals surface area (Å²) >= 11 is 0. The Balaban J connectivity index is 1.67. The molecular weight excluding hydrogens is 398 g/mol. The van der Waals surface area contributed by atoms with Gasteiger partial charge in [0, 0.05) is 6.42 Å². The molecule has 3 rings (SSSR count). The Bertz CT molecular complexity index is 973. The van der Waals surface area contributed by atoms with Gasteiger partial charge in [0.2, 0.25) is 6.41 Å². The molecule has 1 N–H and O–H groups in total. The lowest BCUT2D eigenvalue weighted by molar-refractivity contribution is -0.201. The van der Waals surface area contributed by atoms with Gasteiger partial charge in [-0.05, 0) is 47.5 Å². The van der Waals surface area contributed by atoms with Crippen LogP contribution in [0.1, 0.15) is 11.1 Å². The number of phenolic OH excluding ortho intramolecular Hbond substituents is 1. The fourth-order valence-corrected chi connectivity index (χ4v) is 2.90. The summed E-state index contributed by atoms with van der Waals surface area (Å²) in [6, 6.07) is 21.9. The van der Waals surface area contributed by atoms with E-state index in [0.29, 0.717) is 17.9 Å². The van der Waals surface area contributed by atoms with Crippen LogP contribution in [-0.2, 0) is 32.2 Å². The van der Waals surface area contributed by atoms with E-state index in [1.165, 1.54) is 19.2 Å². The first kappa shape index (κ1) is 21.9. The van der Waals surface area contributed by atoms with Crippen LogP contribution < -0.4 is 4.74 Å². The Hall–Kier alpha value is -3.84. The molecule has 1 amide bonds. The number of aromatic hydroxyl groups is 1. The number of carbonyl (C=O) groups excluding carboxylic acids is 2. The molecule has 1 atom stereocenters. The maximum absolute atomic E-state index is 12.3. The first-order chi connectivity index (χ1) is 15.1. The van der Waals surface area contributed by atoms with Gasteiger partial charge in [-0.1, -0.05) is 42.5 Å². The Morgan fingerprint density at radius 1 is 0.935 bits per heavy atom. The third kappa shape index (κ3) is 6.32. The third-order valence-electron chi connectivity index (χ3n) is 4.53. The molecule has 0 aliphatic rings. The molecule has 0 heterocycles. The van der Waals surface area contributed by atoms with Crippen LogP contribution in [0.3, 0.4) is 0 Å².